The summed E-state index contributed by atoms with van der Waals surface area (Å²) in [6.07, 6.45) is 3.34. The Morgan fingerprint density at radius 3 is 2.70 bits per heavy atom. The molecule has 0 fully saturated rings. The number of para-hydroxylation sites is 1. The smallest absolute Gasteiger partial charge is 0.198 e. The number of benzene rings is 1. The quantitative estimate of drug-likeness (QED) is 0.493. The Morgan fingerprint density at radius 1 is 1.22 bits per heavy atom. The minimum Gasteiger partial charge on any atom is -0.450 e. The molecule has 0 unspecified atom stereocenters. The number of thioether (sulfide) groups is 1. The molecule has 1 aliphatic heterocycles. The number of aromatic nitrogens is 2. The molecule has 4 nitrogen and oxygen atoms in total. The first-order valence-electron chi connectivity index (χ1n) is 7.87. The van der Waals surface area contributed by atoms with Crippen LogP contribution in [0.25, 0.3) is 0 Å². The highest BCUT2D eigenvalue weighted by Gasteiger charge is 2.20. The van der Waals surface area contributed by atoms with Crippen LogP contribution in [0, 0.1) is 11.6 Å². The summed E-state index contributed by atoms with van der Waals surface area (Å²) in [6.45, 7) is 1.98. The zero-order valence-electron chi connectivity index (χ0n) is 14.1. The van der Waals surface area contributed by atoms with Crippen molar-refractivity contribution in [3.8, 4) is 11.5 Å². The number of allylic oxidation sites excluding steroid dienone is 1. The molecule has 0 spiro atoms. The second kappa shape index (κ2) is 7.87. The van der Waals surface area contributed by atoms with E-state index >= 15 is 0 Å². The highest BCUT2D eigenvalue weighted by Crippen LogP contribution is 2.41. The molecular weight excluding hydrogens is 408 g/mol. The van der Waals surface area contributed by atoms with E-state index < -0.39 is 17.4 Å². The van der Waals surface area contributed by atoms with Gasteiger partial charge in [0.05, 0.1) is 10.8 Å². The van der Waals surface area contributed by atoms with Crippen molar-refractivity contribution in [2.24, 2.45) is 0 Å². The Kier molecular flexibility index (Phi) is 5.33. The molecule has 0 saturated heterocycles. The third kappa shape index (κ3) is 3.95. The van der Waals surface area contributed by atoms with Crippen LogP contribution in [0.5, 0.6) is 11.5 Å². The molecule has 0 bridgehead atoms. The maximum Gasteiger partial charge on any atom is 0.198 e. The Balaban J connectivity index is 1.74. The fourth-order valence-electron chi connectivity index (χ4n) is 2.41. The second-order valence-corrected chi connectivity index (χ2v) is 8.54. The summed E-state index contributed by atoms with van der Waals surface area (Å²) in [5.74, 6) is -0.236. The van der Waals surface area contributed by atoms with Gasteiger partial charge < -0.3 is 9.64 Å². The molecule has 3 aromatic rings. The predicted molar refractivity (Wildman–Crippen MR) is 106 cm³/mol. The summed E-state index contributed by atoms with van der Waals surface area (Å²) in [4.78, 5) is 11.4. The summed E-state index contributed by atoms with van der Waals surface area (Å²) in [5.41, 5.74) is 1.05. The lowest BCUT2D eigenvalue weighted by Gasteiger charge is -2.20. The number of rotatable bonds is 5. The second-order valence-electron chi connectivity index (χ2n) is 5.53. The molecule has 0 amide bonds. The van der Waals surface area contributed by atoms with E-state index in [0.717, 1.165) is 28.0 Å². The number of pyridine rings is 1. The van der Waals surface area contributed by atoms with Crippen LogP contribution in [0.15, 0.2) is 62.4 Å². The van der Waals surface area contributed by atoms with Crippen molar-refractivity contribution in [3.63, 3.8) is 0 Å². The lowest BCUT2D eigenvalue weighted by atomic mass is 10.3. The number of hydrogen-bond acceptors (Lipinski definition) is 7. The molecule has 0 radical (unpaired) electrons. The predicted octanol–water partition coefficient (Wildman–Crippen LogP) is 6.13. The number of halogens is 2. The highest BCUT2D eigenvalue weighted by atomic mass is 32.2. The molecule has 2 aromatic heterocycles. The largest absolute Gasteiger partial charge is 0.450 e. The maximum absolute atomic E-state index is 14.1. The Labute approximate surface area is 167 Å². The Morgan fingerprint density at radius 2 is 2.04 bits per heavy atom. The van der Waals surface area contributed by atoms with Crippen molar-refractivity contribution in [1.29, 1.82) is 0 Å². The molecule has 1 aromatic carbocycles. The lowest BCUT2D eigenvalue weighted by Crippen LogP contribution is -2.17. The van der Waals surface area contributed by atoms with E-state index in [1.54, 1.807) is 30.2 Å². The Bertz CT molecular complexity index is 975. The van der Waals surface area contributed by atoms with Crippen LogP contribution in [0.3, 0.4) is 0 Å². The van der Waals surface area contributed by atoms with Crippen LogP contribution < -0.4 is 9.64 Å². The van der Waals surface area contributed by atoms with E-state index in [1.807, 2.05) is 22.6 Å². The van der Waals surface area contributed by atoms with Crippen LogP contribution in [0.2, 0.25) is 0 Å². The average molecular weight is 422 g/mol. The first-order valence-corrected chi connectivity index (χ1v) is 10.6. The molecule has 0 aliphatic carbocycles. The van der Waals surface area contributed by atoms with Crippen molar-refractivity contribution in [3.05, 3.63) is 64.8 Å². The summed E-state index contributed by atoms with van der Waals surface area (Å²) in [7, 11) is 0. The van der Waals surface area contributed by atoms with E-state index in [1.165, 1.54) is 29.2 Å². The van der Waals surface area contributed by atoms with Gasteiger partial charge in [0.1, 0.15) is 11.6 Å². The van der Waals surface area contributed by atoms with Crippen LogP contribution in [0.4, 0.5) is 14.6 Å². The molecule has 9 heteroatoms. The van der Waals surface area contributed by atoms with Crippen LogP contribution in [-0.4, -0.2) is 15.8 Å². The van der Waals surface area contributed by atoms with Gasteiger partial charge in [-0.25, -0.2) is 18.7 Å². The van der Waals surface area contributed by atoms with Gasteiger partial charge in [-0.15, -0.1) is 23.1 Å². The van der Waals surface area contributed by atoms with Gasteiger partial charge in [0.15, 0.2) is 21.7 Å². The normalized spacial score (nSPS) is 13.7. The fourth-order valence-corrected chi connectivity index (χ4v) is 4.93. The van der Waals surface area contributed by atoms with Gasteiger partial charge in [-0.05, 0) is 24.5 Å². The lowest BCUT2D eigenvalue weighted by molar-refractivity contribution is 0.400. The van der Waals surface area contributed by atoms with Gasteiger partial charge in [0, 0.05) is 29.5 Å². The summed E-state index contributed by atoms with van der Waals surface area (Å²) in [6, 6.07) is 5.33. The van der Waals surface area contributed by atoms with E-state index in [9.17, 15) is 8.78 Å². The number of anilines is 1. The number of nitrogens with zero attached hydrogens (tertiary/aromatic N) is 3. The van der Waals surface area contributed by atoms with Crippen molar-refractivity contribution in [2.45, 2.75) is 16.2 Å². The summed E-state index contributed by atoms with van der Waals surface area (Å²) < 4.78 is 34.6. The minimum atomic E-state index is -0.758. The third-order valence-electron chi connectivity index (χ3n) is 3.71. The molecule has 0 atom stereocenters. The minimum absolute atomic E-state index is 0.328. The van der Waals surface area contributed by atoms with Gasteiger partial charge in [0.25, 0.3) is 0 Å². The molecule has 3 heterocycles. The van der Waals surface area contributed by atoms with Gasteiger partial charge >= 0.3 is 0 Å². The summed E-state index contributed by atoms with van der Waals surface area (Å²) in [5, 5.41) is 3.90. The SMILES string of the molecule is CC1=CSCN1c1cc(Oc2c(F)cccc2F)c(Sc2nccs2)cn1. The van der Waals surface area contributed by atoms with Gasteiger partial charge in [-0.2, -0.15) is 0 Å². The van der Waals surface area contributed by atoms with Gasteiger partial charge in [-0.1, -0.05) is 17.8 Å². The van der Waals surface area contributed by atoms with Crippen molar-refractivity contribution >= 4 is 40.7 Å². The van der Waals surface area contributed by atoms with Crippen LogP contribution in [-0.2, 0) is 0 Å². The van der Waals surface area contributed by atoms with E-state index in [-0.39, 0.29) is 0 Å². The number of hydrogen-bond donors (Lipinski definition) is 0. The standard InChI is InChI=1S/C18H13F2N3OS3/c1-11-9-25-10-23(11)16-7-14(24-17-12(19)3-2-4-13(17)20)15(8-22-16)27-18-21-5-6-26-18/h2-9H,10H2,1H3. The van der Waals surface area contributed by atoms with E-state index in [0.29, 0.717) is 16.5 Å². The number of thiazole rings is 1. The topological polar surface area (TPSA) is 38.2 Å². The van der Waals surface area contributed by atoms with Crippen molar-refractivity contribution in [2.75, 3.05) is 10.8 Å². The third-order valence-corrected chi connectivity index (χ3v) is 6.54. The monoisotopic (exact) mass is 421 g/mol. The molecule has 1 aliphatic rings. The molecule has 27 heavy (non-hydrogen) atoms. The average Bonchev–Trinajstić information content (AvgIpc) is 3.31. The molecule has 0 saturated carbocycles. The number of ether oxygens (including phenoxy) is 1. The van der Waals surface area contributed by atoms with Gasteiger partial charge in [-0.3, -0.25) is 0 Å². The van der Waals surface area contributed by atoms with Crippen LogP contribution >= 0.6 is 34.9 Å². The van der Waals surface area contributed by atoms with Gasteiger partial charge in [0.2, 0.25) is 0 Å². The van der Waals surface area contributed by atoms with Crippen molar-refractivity contribution < 1.29 is 13.5 Å². The first kappa shape index (κ1) is 18.3. The fraction of sp³-hybridized carbons (Fsp3) is 0.111. The van der Waals surface area contributed by atoms with Crippen LogP contribution in [0.1, 0.15) is 6.92 Å². The highest BCUT2D eigenvalue weighted by molar-refractivity contribution is 8.02. The zero-order chi connectivity index (χ0) is 18.8. The maximum atomic E-state index is 14.1. The Hall–Kier alpha value is -2.10. The zero-order valence-corrected chi connectivity index (χ0v) is 16.5. The molecule has 0 N–H and O–H groups in total. The first-order chi connectivity index (χ1) is 13.1. The van der Waals surface area contributed by atoms with E-state index in [4.69, 9.17) is 4.74 Å². The molecule has 4 rings (SSSR count). The van der Waals surface area contributed by atoms with Crippen molar-refractivity contribution in [1.82, 2.24) is 9.97 Å². The van der Waals surface area contributed by atoms with E-state index in [2.05, 4.69) is 9.97 Å². The summed E-state index contributed by atoms with van der Waals surface area (Å²) >= 11 is 4.46. The molecule has 138 valence electrons. The molecular formula is C18H13F2N3OS3.